The number of carbonyl (C=O) groups excluding carboxylic acids is 4. The number of carbonyl (C=O) groups is 4. The van der Waals surface area contributed by atoms with Crippen LogP contribution in [0.2, 0.25) is 0 Å². The minimum Gasteiger partial charge on any atom is -0.465 e. The lowest BCUT2D eigenvalue weighted by Gasteiger charge is -2.64. The summed E-state index contributed by atoms with van der Waals surface area (Å²) in [4.78, 5) is 48.3. The van der Waals surface area contributed by atoms with Crippen molar-refractivity contribution in [3.8, 4) is 0 Å². The fourth-order valence-corrected chi connectivity index (χ4v) is 13.1. The van der Waals surface area contributed by atoms with Gasteiger partial charge in [0, 0.05) is 17.8 Å². The first-order valence-corrected chi connectivity index (χ1v) is 19.1. The summed E-state index contributed by atoms with van der Waals surface area (Å²) in [7, 11) is 0. The molecule has 6 saturated carbocycles. The summed E-state index contributed by atoms with van der Waals surface area (Å²) >= 11 is 0. The van der Waals surface area contributed by atoms with Gasteiger partial charge in [-0.1, -0.05) is 40.5 Å². The molecule has 14 atom stereocenters. The van der Waals surface area contributed by atoms with Crippen LogP contribution in [-0.4, -0.2) is 55.7 Å². The lowest BCUT2D eigenvalue weighted by Crippen LogP contribution is -2.63. The summed E-state index contributed by atoms with van der Waals surface area (Å²) in [6.45, 7) is 11.2. The van der Waals surface area contributed by atoms with E-state index in [0.717, 1.165) is 70.1 Å². The van der Waals surface area contributed by atoms with E-state index in [4.69, 9.17) is 18.9 Å². The molecule has 0 radical (unpaired) electrons. The zero-order chi connectivity index (χ0) is 33.4. The predicted octanol–water partition coefficient (Wildman–Crippen LogP) is 7.24. The van der Waals surface area contributed by atoms with Gasteiger partial charge in [-0.3, -0.25) is 19.2 Å². The number of fused-ring (bicyclic) bond motifs is 7. The lowest BCUT2D eigenvalue weighted by molar-refractivity contribution is -0.218. The van der Waals surface area contributed by atoms with Crippen molar-refractivity contribution in [2.45, 2.75) is 154 Å². The van der Waals surface area contributed by atoms with Gasteiger partial charge in [0.1, 0.15) is 24.9 Å². The average molecular weight is 657 g/mol. The number of hydrogen-bond acceptors (Lipinski definition) is 8. The van der Waals surface area contributed by atoms with Crippen molar-refractivity contribution in [3.63, 3.8) is 0 Å². The first kappa shape index (κ1) is 34.9. The minimum atomic E-state index is -0.265. The van der Waals surface area contributed by atoms with Crippen molar-refractivity contribution in [2.24, 2.45) is 58.2 Å². The molecular formula is C39H60O8. The fourth-order valence-electron chi connectivity index (χ4n) is 13.1. The van der Waals surface area contributed by atoms with Crippen LogP contribution in [0, 0.1) is 58.2 Å². The van der Waals surface area contributed by atoms with Gasteiger partial charge >= 0.3 is 0 Å². The SMILES string of the molecule is CC[C@]1(OCC(=O)CC[C@@H](C)[C@H]2CC[C@H]3[C@@H]4[C@H](OC=O)C[C@@H]5C[C@H](OC=O)CC[C@]5(C)[C@H]4C[C@H](OC=O)[C@]23C)CC[C@@H]2CCC[C@H]1C2. The highest BCUT2D eigenvalue weighted by Gasteiger charge is 2.67. The molecule has 8 nitrogen and oxygen atoms in total. The summed E-state index contributed by atoms with van der Waals surface area (Å²) in [6, 6.07) is 0. The summed E-state index contributed by atoms with van der Waals surface area (Å²) in [6.07, 6.45) is 15.3. The first-order chi connectivity index (χ1) is 22.6. The minimum absolute atomic E-state index is 0.00910. The van der Waals surface area contributed by atoms with E-state index < -0.39 is 0 Å². The predicted molar refractivity (Wildman–Crippen MR) is 176 cm³/mol. The van der Waals surface area contributed by atoms with Crippen molar-refractivity contribution in [1.82, 2.24) is 0 Å². The van der Waals surface area contributed by atoms with E-state index in [1.807, 2.05) is 0 Å². The molecule has 6 aliphatic carbocycles. The van der Waals surface area contributed by atoms with Crippen LogP contribution >= 0.6 is 0 Å². The van der Waals surface area contributed by atoms with Crippen molar-refractivity contribution in [3.05, 3.63) is 0 Å². The van der Waals surface area contributed by atoms with E-state index in [1.165, 1.54) is 32.1 Å². The second-order valence-electron chi connectivity index (χ2n) is 17.2. The Hall–Kier alpha value is -1.96. The largest absolute Gasteiger partial charge is 0.465 e. The van der Waals surface area contributed by atoms with E-state index in [1.54, 1.807) is 0 Å². The van der Waals surface area contributed by atoms with Crippen LogP contribution < -0.4 is 0 Å². The van der Waals surface area contributed by atoms with Gasteiger partial charge in [0.05, 0.1) is 5.60 Å². The molecule has 6 fully saturated rings. The average Bonchev–Trinajstić information content (AvgIpc) is 3.43. The number of hydrogen-bond donors (Lipinski definition) is 0. The first-order valence-electron chi connectivity index (χ1n) is 19.1. The number of ether oxygens (including phenoxy) is 4. The van der Waals surface area contributed by atoms with Gasteiger partial charge in [-0.05, 0) is 130 Å². The number of Topliss-reactive ketones (excluding diaryl/α,β-unsaturated/α-hetero) is 1. The highest BCUT2D eigenvalue weighted by Crippen LogP contribution is 2.69. The molecule has 0 aromatic carbocycles. The molecule has 0 N–H and O–H groups in total. The Morgan fingerprint density at radius 2 is 1.62 bits per heavy atom. The molecule has 0 saturated heterocycles. The Balaban J connectivity index is 1.14. The molecule has 0 unspecified atom stereocenters. The van der Waals surface area contributed by atoms with E-state index in [0.29, 0.717) is 37.7 Å². The molecule has 6 rings (SSSR count). The molecule has 0 aromatic rings. The smallest absolute Gasteiger partial charge is 0.293 e. The Labute approximate surface area is 282 Å². The highest BCUT2D eigenvalue weighted by molar-refractivity contribution is 5.79. The van der Waals surface area contributed by atoms with Gasteiger partial charge in [0.15, 0.2) is 5.78 Å². The fraction of sp³-hybridized carbons (Fsp3) is 0.897. The van der Waals surface area contributed by atoms with Crippen LogP contribution in [0.4, 0.5) is 0 Å². The van der Waals surface area contributed by atoms with Crippen LogP contribution in [-0.2, 0) is 38.1 Å². The van der Waals surface area contributed by atoms with Crippen molar-refractivity contribution < 1.29 is 38.1 Å². The van der Waals surface area contributed by atoms with Gasteiger partial charge in [-0.25, -0.2) is 0 Å². The lowest BCUT2D eigenvalue weighted by atomic mass is 9.43. The van der Waals surface area contributed by atoms with Crippen molar-refractivity contribution >= 4 is 25.2 Å². The monoisotopic (exact) mass is 656 g/mol. The maximum atomic E-state index is 13.3. The molecule has 6 aliphatic rings. The van der Waals surface area contributed by atoms with Crippen LogP contribution in [0.15, 0.2) is 0 Å². The van der Waals surface area contributed by atoms with Crippen LogP contribution in [0.3, 0.4) is 0 Å². The second kappa shape index (κ2) is 14.1. The van der Waals surface area contributed by atoms with E-state index >= 15 is 0 Å². The number of rotatable bonds is 14. The topological polar surface area (TPSA) is 105 Å². The van der Waals surface area contributed by atoms with E-state index in [-0.39, 0.29) is 76.7 Å². The van der Waals surface area contributed by atoms with Gasteiger partial charge in [-0.2, -0.15) is 0 Å². The summed E-state index contributed by atoms with van der Waals surface area (Å²) in [5, 5.41) is 0. The zero-order valence-corrected chi connectivity index (χ0v) is 29.4. The quantitative estimate of drug-likeness (QED) is 0.142. The summed E-state index contributed by atoms with van der Waals surface area (Å²) < 4.78 is 24.0. The third-order valence-electron chi connectivity index (χ3n) is 15.6. The molecule has 0 heterocycles. The Morgan fingerprint density at radius 3 is 2.36 bits per heavy atom. The summed E-state index contributed by atoms with van der Waals surface area (Å²) in [5.74, 6) is 3.16. The molecule has 0 spiro atoms. The van der Waals surface area contributed by atoms with Crippen LogP contribution in [0.1, 0.15) is 130 Å². The normalized spacial score (nSPS) is 46.1. The highest BCUT2D eigenvalue weighted by atomic mass is 16.5. The molecular weight excluding hydrogens is 596 g/mol. The molecule has 8 heteroatoms. The van der Waals surface area contributed by atoms with Gasteiger partial charge in [-0.15, -0.1) is 0 Å². The Morgan fingerprint density at radius 1 is 0.830 bits per heavy atom. The Kier molecular flexibility index (Phi) is 10.5. The maximum Gasteiger partial charge on any atom is 0.293 e. The molecule has 0 amide bonds. The van der Waals surface area contributed by atoms with Gasteiger partial charge < -0.3 is 18.9 Å². The maximum absolute atomic E-state index is 13.3. The van der Waals surface area contributed by atoms with Gasteiger partial charge in [0.25, 0.3) is 19.4 Å². The molecule has 47 heavy (non-hydrogen) atoms. The Bertz CT molecular complexity index is 1140. The van der Waals surface area contributed by atoms with E-state index in [2.05, 4.69) is 27.7 Å². The zero-order valence-electron chi connectivity index (χ0n) is 29.4. The third kappa shape index (κ3) is 6.20. The van der Waals surface area contributed by atoms with Gasteiger partial charge in [0.2, 0.25) is 0 Å². The molecule has 0 aliphatic heterocycles. The van der Waals surface area contributed by atoms with Crippen LogP contribution in [0.5, 0.6) is 0 Å². The van der Waals surface area contributed by atoms with E-state index in [9.17, 15) is 19.2 Å². The van der Waals surface area contributed by atoms with Crippen LogP contribution in [0.25, 0.3) is 0 Å². The third-order valence-corrected chi connectivity index (χ3v) is 15.6. The standard InChI is InChI=1S/C39H60O8/c1-5-39(16-13-26-7-6-8-27(39)17-26)47-21-29(43)10-9-25(2)31-11-12-32-36-33(20-35(46-24-42)38(31,32)4)37(3)15-14-30(44-22-40)18-28(37)19-34(36)45-23-41/h22-28,30-36H,5-21H2,1-4H3/t25-,26+,27+,28+,30-,31-,32+,33+,34-,35+,36+,37+,38-,39+/m1/s1. The number of ketones is 1. The molecule has 264 valence electrons. The molecule has 0 aromatic heterocycles. The second-order valence-corrected chi connectivity index (χ2v) is 17.2. The van der Waals surface area contributed by atoms with Crippen molar-refractivity contribution in [1.29, 1.82) is 0 Å². The summed E-state index contributed by atoms with van der Waals surface area (Å²) in [5.41, 5.74) is -0.401. The van der Waals surface area contributed by atoms with Crippen molar-refractivity contribution in [2.75, 3.05) is 6.61 Å². The molecule has 2 bridgehead atoms.